The first-order chi connectivity index (χ1) is 11.8. The van der Waals surface area contributed by atoms with Gasteiger partial charge in [-0.3, -0.25) is 4.79 Å². The van der Waals surface area contributed by atoms with Gasteiger partial charge in [-0.2, -0.15) is 0 Å². The highest BCUT2D eigenvalue weighted by atomic mass is 32.2. The normalized spacial score (nSPS) is 25.0. The van der Waals surface area contributed by atoms with Crippen molar-refractivity contribution in [2.75, 3.05) is 18.2 Å². The Bertz CT molecular complexity index is 477. The molecule has 1 aliphatic carbocycles. The average molecular weight is 374 g/mol. The first-order valence-corrected chi connectivity index (χ1v) is 9.42. The van der Waals surface area contributed by atoms with Gasteiger partial charge >= 0.3 is 11.9 Å². The van der Waals surface area contributed by atoms with E-state index in [-0.39, 0.29) is 11.8 Å². The van der Waals surface area contributed by atoms with Crippen molar-refractivity contribution in [3.8, 4) is 0 Å². The van der Waals surface area contributed by atoms with E-state index in [1.807, 2.05) is 4.90 Å². The van der Waals surface area contributed by atoms with Crippen LogP contribution in [0, 0.1) is 5.92 Å². The summed E-state index contributed by atoms with van der Waals surface area (Å²) in [7, 11) is 0. The van der Waals surface area contributed by atoms with E-state index in [9.17, 15) is 19.5 Å². The summed E-state index contributed by atoms with van der Waals surface area (Å²) in [6.07, 6.45) is 5.68. The van der Waals surface area contributed by atoms with Gasteiger partial charge in [-0.05, 0) is 12.8 Å². The molecule has 2 rings (SSSR count). The number of carboxylic acids is 2. The van der Waals surface area contributed by atoms with Crippen molar-refractivity contribution < 1.29 is 29.7 Å². The number of nitrogens with two attached hydrogens (primary N) is 1. The third-order valence-corrected chi connectivity index (χ3v) is 5.18. The Kier molecular flexibility index (Phi) is 9.54. The maximum atomic E-state index is 12.2. The highest BCUT2D eigenvalue weighted by Crippen LogP contribution is 2.27. The number of aliphatic hydroxyl groups is 1. The molecule has 0 unspecified atom stereocenters. The molecule has 0 aromatic rings. The zero-order chi connectivity index (χ0) is 18.8. The molecule has 8 nitrogen and oxygen atoms in total. The molecule has 0 bridgehead atoms. The predicted molar refractivity (Wildman–Crippen MR) is 94.0 cm³/mol. The monoisotopic (exact) mass is 374 g/mol. The van der Waals surface area contributed by atoms with E-state index in [2.05, 4.69) is 0 Å². The van der Waals surface area contributed by atoms with Gasteiger partial charge < -0.3 is 26.0 Å². The summed E-state index contributed by atoms with van der Waals surface area (Å²) in [5.41, 5.74) is 6.07. The molecule has 2 aliphatic rings. The number of hydrogen-bond donors (Lipinski definition) is 4. The second-order valence-corrected chi connectivity index (χ2v) is 7.12. The lowest BCUT2D eigenvalue weighted by molar-refractivity contribution is -0.134. The summed E-state index contributed by atoms with van der Waals surface area (Å²) < 4.78 is 0. The number of carbonyl (C=O) groups is 3. The molecule has 0 spiro atoms. The lowest BCUT2D eigenvalue weighted by atomic mass is 9.89. The molecular weight excluding hydrogens is 348 g/mol. The Morgan fingerprint density at radius 2 is 1.68 bits per heavy atom. The smallest absolute Gasteiger partial charge is 0.328 e. The maximum absolute atomic E-state index is 12.2. The van der Waals surface area contributed by atoms with E-state index in [0.29, 0.717) is 12.2 Å². The quantitative estimate of drug-likeness (QED) is 0.412. The highest BCUT2D eigenvalue weighted by Gasteiger charge is 2.34. The molecule has 0 aromatic heterocycles. The standard InChI is InChI=1S/C12H22N2O2S.C4H4O4/c13-11(12(16)14-6-7-17-8-14)9-4-2-1-3-5-10(9)15;5-3(6)1-2-4(7)8/h9-11,15H,1-8,13H2;1-2H,(H,5,6)(H,7,8)/b;2-1+/t9-,10-,11+;/m1./s1. The summed E-state index contributed by atoms with van der Waals surface area (Å²) >= 11 is 1.77. The van der Waals surface area contributed by atoms with Gasteiger partial charge in [-0.1, -0.05) is 19.3 Å². The lowest BCUT2D eigenvalue weighted by Crippen LogP contribution is -2.49. The van der Waals surface area contributed by atoms with Gasteiger partial charge in [0.25, 0.3) is 0 Å². The van der Waals surface area contributed by atoms with Gasteiger partial charge in [0.1, 0.15) is 0 Å². The number of rotatable bonds is 4. The fourth-order valence-corrected chi connectivity index (χ4v) is 3.82. The topological polar surface area (TPSA) is 141 Å². The minimum Gasteiger partial charge on any atom is -0.478 e. The van der Waals surface area contributed by atoms with Crippen LogP contribution in [0.2, 0.25) is 0 Å². The van der Waals surface area contributed by atoms with E-state index in [1.54, 1.807) is 11.8 Å². The SMILES string of the molecule is N[C@H](C(=O)N1CCSC1)[C@@H]1CCCCC[C@H]1O.O=C(O)/C=C/C(=O)O. The molecule has 5 N–H and O–H groups in total. The second-order valence-electron chi connectivity index (χ2n) is 6.04. The molecule has 1 amide bonds. The Morgan fingerprint density at radius 1 is 1.08 bits per heavy atom. The van der Waals surface area contributed by atoms with E-state index in [4.69, 9.17) is 15.9 Å². The number of hydrogen-bond acceptors (Lipinski definition) is 6. The van der Waals surface area contributed by atoms with Crippen LogP contribution in [0.15, 0.2) is 12.2 Å². The maximum Gasteiger partial charge on any atom is 0.328 e. The molecule has 1 heterocycles. The van der Waals surface area contributed by atoms with Crippen LogP contribution in [0.3, 0.4) is 0 Å². The minimum absolute atomic E-state index is 0.0287. The molecule has 0 aromatic carbocycles. The molecule has 1 aliphatic heterocycles. The van der Waals surface area contributed by atoms with Crippen molar-refractivity contribution in [2.24, 2.45) is 11.7 Å². The number of aliphatic hydroxyl groups excluding tert-OH is 1. The number of thioether (sulfide) groups is 1. The Balaban J connectivity index is 0.000000333. The first kappa shape index (κ1) is 21.5. The van der Waals surface area contributed by atoms with Crippen molar-refractivity contribution in [1.29, 1.82) is 0 Å². The van der Waals surface area contributed by atoms with Gasteiger partial charge in [0, 0.05) is 30.4 Å². The van der Waals surface area contributed by atoms with E-state index in [0.717, 1.165) is 50.3 Å². The van der Waals surface area contributed by atoms with E-state index >= 15 is 0 Å². The zero-order valence-corrected chi connectivity index (χ0v) is 14.9. The number of amides is 1. The summed E-state index contributed by atoms with van der Waals surface area (Å²) in [5.74, 6) is -0.766. The van der Waals surface area contributed by atoms with Crippen molar-refractivity contribution in [3.05, 3.63) is 12.2 Å². The fraction of sp³-hybridized carbons (Fsp3) is 0.688. The molecule has 25 heavy (non-hydrogen) atoms. The Labute approximate surface area is 151 Å². The van der Waals surface area contributed by atoms with Crippen LogP contribution in [0.5, 0.6) is 0 Å². The van der Waals surface area contributed by atoms with Gasteiger partial charge in [0.15, 0.2) is 0 Å². The summed E-state index contributed by atoms with van der Waals surface area (Å²) in [4.78, 5) is 33.1. The van der Waals surface area contributed by atoms with Crippen LogP contribution in [0.25, 0.3) is 0 Å². The van der Waals surface area contributed by atoms with Gasteiger partial charge in [-0.15, -0.1) is 11.8 Å². The summed E-state index contributed by atoms with van der Waals surface area (Å²) in [6.45, 7) is 0.806. The van der Waals surface area contributed by atoms with Gasteiger partial charge in [0.05, 0.1) is 18.0 Å². The van der Waals surface area contributed by atoms with Crippen LogP contribution < -0.4 is 5.73 Å². The van der Waals surface area contributed by atoms with Crippen molar-refractivity contribution in [1.82, 2.24) is 4.90 Å². The van der Waals surface area contributed by atoms with Crippen LogP contribution in [-0.2, 0) is 14.4 Å². The molecule has 2 fully saturated rings. The first-order valence-electron chi connectivity index (χ1n) is 8.27. The molecule has 0 radical (unpaired) electrons. The second kappa shape index (κ2) is 11.1. The third kappa shape index (κ3) is 7.89. The molecule has 9 heteroatoms. The van der Waals surface area contributed by atoms with Crippen LogP contribution >= 0.6 is 11.8 Å². The predicted octanol–water partition coefficient (Wildman–Crippen LogP) is 0.500. The molecule has 142 valence electrons. The zero-order valence-electron chi connectivity index (χ0n) is 14.0. The van der Waals surface area contributed by atoms with Crippen molar-refractivity contribution in [2.45, 2.75) is 44.2 Å². The third-order valence-electron chi connectivity index (χ3n) is 4.21. The number of aliphatic carboxylic acids is 2. The fourth-order valence-electron chi connectivity index (χ4n) is 2.86. The summed E-state index contributed by atoms with van der Waals surface area (Å²) in [6, 6.07) is -0.512. The highest BCUT2D eigenvalue weighted by molar-refractivity contribution is 7.99. The van der Waals surface area contributed by atoms with Crippen LogP contribution in [-0.4, -0.2) is 68.4 Å². The average Bonchev–Trinajstić information content (AvgIpc) is 3.01. The van der Waals surface area contributed by atoms with E-state index in [1.165, 1.54) is 0 Å². The van der Waals surface area contributed by atoms with Crippen molar-refractivity contribution >= 4 is 29.6 Å². The van der Waals surface area contributed by atoms with Crippen LogP contribution in [0.4, 0.5) is 0 Å². The molecular formula is C16H26N2O6S. The molecule has 3 atom stereocenters. The lowest BCUT2D eigenvalue weighted by Gasteiger charge is -2.28. The summed E-state index contributed by atoms with van der Waals surface area (Å²) in [5, 5.41) is 25.7. The number of carbonyl (C=O) groups excluding carboxylic acids is 1. The van der Waals surface area contributed by atoms with E-state index < -0.39 is 24.1 Å². The molecule has 1 saturated carbocycles. The molecule has 1 saturated heterocycles. The minimum atomic E-state index is -1.26. The van der Waals surface area contributed by atoms with Gasteiger partial charge in [-0.25, -0.2) is 9.59 Å². The largest absolute Gasteiger partial charge is 0.478 e. The number of carboxylic acid groups (broad SMARTS) is 2. The van der Waals surface area contributed by atoms with Gasteiger partial charge in [0.2, 0.25) is 5.91 Å². The van der Waals surface area contributed by atoms with Crippen molar-refractivity contribution in [3.63, 3.8) is 0 Å². The Morgan fingerprint density at radius 3 is 2.20 bits per heavy atom. The Hall–Kier alpha value is -1.58. The number of nitrogens with zero attached hydrogens (tertiary/aromatic N) is 1. The van der Waals surface area contributed by atoms with Crippen LogP contribution in [0.1, 0.15) is 32.1 Å².